The van der Waals surface area contributed by atoms with Crippen LogP contribution >= 0.6 is 0 Å². The highest BCUT2D eigenvalue weighted by molar-refractivity contribution is 6.09. The first-order valence-electron chi connectivity index (χ1n) is 10.6. The number of carbonyl (C=O) groups is 1. The fourth-order valence-electron chi connectivity index (χ4n) is 3.35. The van der Waals surface area contributed by atoms with Crippen molar-refractivity contribution < 1.29 is 19.4 Å². The molecule has 0 bridgehead atoms. The quantitative estimate of drug-likeness (QED) is 0.196. The predicted octanol–water partition coefficient (Wildman–Crippen LogP) is 5.13. The van der Waals surface area contributed by atoms with Crippen LogP contribution in [-0.4, -0.2) is 18.1 Å². The summed E-state index contributed by atoms with van der Waals surface area (Å²) in [5.74, 6) is 0.390. The number of ether oxygens (including phenoxy) is 2. The molecule has 0 unspecified atom stereocenters. The molecule has 0 atom stereocenters. The molecule has 1 amide bonds. The van der Waals surface area contributed by atoms with Crippen LogP contribution in [0.1, 0.15) is 22.3 Å². The van der Waals surface area contributed by atoms with Gasteiger partial charge in [0, 0.05) is 16.8 Å². The van der Waals surface area contributed by atoms with Crippen LogP contribution < -0.4 is 14.8 Å². The Balaban J connectivity index is 1.91. The van der Waals surface area contributed by atoms with Crippen molar-refractivity contribution in [2.45, 2.75) is 13.0 Å². The number of nitrogens with zero attached hydrogens (tertiary/aromatic N) is 2. The van der Waals surface area contributed by atoms with Gasteiger partial charge in [-0.1, -0.05) is 24.3 Å². The van der Waals surface area contributed by atoms with E-state index in [1.165, 1.54) is 37.5 Å². The first-order valence-corrected chi connectivity index (χ1v) is 10.6. The van der Waals surface area contributed by atoms with E-state index >= 15 is 0 Å². The molecule has 2 N–H and O–H groups in total. The van der Waals surface area contributed by atoms with E-state index in [1.54, 1.807) is 30.3 Å². The minimum Gasteiger partial charge on any atom is -0.508 e. The highest BCUT2D eigenvalue weighted by atomic mass is 16.5. The van der Waals surface area contributed by atoms with Crippen LogP contribution in [0.4, 0.5) is 5.69 Å². The number of anilines is 1. The summed E-state index contributed by atoms with van der Waals surface area (Å²) in [7, 11) is 1.50. The van der Waals surface area contributed by atoms with E-state index in [0.29, 0.717) is 34.7 Å². The Morgan fingerprint density at radius 2 is 1.86 bits per heavy atom. The zero-order valence-electron chi connectivity index (χ0n) is 19.1. The number of rotatable bonds is 9. The Morgan fingerprint density at radius 3 is 2.51 bits per heavy atom. The standard InChI is InChI=1S/C28H23N3O4/c1-3-6-20-13-19(14-23(17-30)28(33)31-24-9-11-25(32)12-10-24)15-26(34-2)27(20)35-18-22-8-5-4-7-21(22)16-29/h3-5,7-15,32H,1,6,18H2,2H3,(H,31,33)/b23-14+. The van der Waals surface area contributed by atoms with Gasteiger partial charge in [0.05, 0.1) is 18.7 Å². The van der Waals surface area contributed by atoms with Gasteiger partial charge in [0.1, 0.15) is 24.0 Å². The van der Waals surface area contributed by atoms with E-state index in [1.807, 2.05) is 18.2 Å². The maximum absolute atomic E-state index is 12.6. The average Bonchev–Trinajstić information content (AvgIpc) is 2.87. The monoisotopic (exact) mass is 465 g/mol. The summed E-state index contributed by atoms with van der Waals surface area (Å²) in [5, 5.41) is 30.9. The molecule has 0 aliphatic heterocycles. The van der Waals surface area contributed by atoms with Gasteiger partial charge in [-0.15, -0.1) is 6.58 Å². The molecular formula is C28H23N3O4. The smallest absolute Gasteiger partial charge is 0.266 e. The number of phenols is 1. The minimum atomic E-state index is -0.587. The number of hydrogen-bond donors (Lipinski definition) is 2. The van der Waals surface area contributed by atoms with Crippen LogP contribution in [0, 0.1) is 22.7 Å². The second-order valence-electron chi connectivity index (χ2n) is 7.43. The number of amides is 1. The van der Waals surface area contributed by atoms with E-state index in [9.17, 15) is 20.4 Å². The molecule has 35 heavy (non-hydrogen) atoms. The number of methoxy groups -OCH3 is 1. The lowest BCUT2D eigenvalue weighted by Gasteiger charge is -2.16. The van der Waals surface area contributed by atoms with Crippen LogP contribution in [0.3, 0.4) is 0 Å². The average molecular weight is 466 g/mol. The van der Waals surface area contributed by atoms with Gasteiger partial charge in [-0.05, 0) is 60.5 Å². The summed E-state index contributed by atoms with van der Waals surface area (Å²) in [4.78, 5) is 12.6. The third-order valence-electron chi connectivity index (χ3n) is 5.05. The van der Waals surface area contributed by atoms with Crippen LogP contribution in [0.25, 0.3) is 6.08 Å². The van der Waals surface area contributed by atoms with Crippen molar-refractivity contribution >= 4 is 17.7 Å². The molecule has 0 aliphatic rings. The molecule has 3 aromatic rings. The molecular weight excluding hydrogens is 442 g/mol. The van der Waals surface area contributed by atoms with Crippen molar-refractivity contribution in [3.63, 3.8) is 0 Å². The zero-order valence-corrected chi connectivity index (χ0v) is 19.1. The van der Waals surface area contributed by atoms with Crippen molar-refractivity contribution in [2.24, 2.45) is 0 Å². The van der Waals surface area contributed by atoms with Crippen LogP contribution in [0.15, 0.2) is 78.9 Å². The lowest BCUT2D eigenvalue weighted by molar-refractivity contribution is -0.112. The molecule has 3 rings (SSSR count). The highest BCUT2D eigenvalue weighted by Crippen LogP contribution is 2.35. The molecule has 0 spiro atoms. The Kier molecular flexibility index (Phi) is 8.26. The van der Waals surface area contributed by atoms with E-state index in [2.05, 4.69) is 18.0 Å². The third kappa shape index (κ3) is 6.28. The Bertz CT molecular complexity index is 1350. The normalized spacial score (nSPS) is 10.5. The molecule has 0 saturated carbocycles. The number of benzene rings is 3. The molecule has 7 nitrogen and oxygen atoms in total. The molecule has 0 fully saturated rings. The van der Waals surface area contributed by atoms with Gasteiger partial charge in [0.2, 0.25) is 0 Å². The summed E-state index contributed by atoms with van der Waals surface area (Å²) < 4.78 is 11.6. The van der Waals surface area contributed by atoms with Crippen molar-refractivity contribution in [3.8, 4) is 29.4 Å². The van der Waals surface area contributed by atoms with E-state index < -0.39 is 5.91 Å². The maximum atomic E-state index is 12.6. The van der Waals surface area contributed by atoms with Gasteiger partial charge in [0.25, 0.3) is 5.91 Å². The topological polar surface area (TPSA) is 115 Å². The second kappa shape index (κ2) is 11.7. The van der Waals surface area contributed by atoms with Crippen LogP contribution in [0.5, 0.6) is 17.2 Å². The number of aromatic hydroxyl groups is 1. The molecule has 0 heterocycles. The summed E-state index contributed by atoms with van der Waals surface area (Å²) >= 11 is 0. The number of hydrogen-bond acceptors (Lipinski definition) is 6. The number of phenolic OH excluding ortho intramolecular Hbond substituents is 1. The van der Waals surface area contributed by atoms with E-state index in [-0.39, 0.29) is 17.9 Å². The van der Waals surface area contributed by atoms with Gasteiger partial charge >= 0.3 is 0 Å². The SMILES string of the molecule is C=CCc1cc(/C=C(\C#N)C(=O)Nc2ccc(O)cc2)cc(OC)c1OCc1ccccc1C#N. The van der Waals surface area contributed by atoms with Crippen molar-refractivity contribution in [1.82, 2.24) is 0 Å². The molecule has 3 aromatic carbocycles. The zero-order chi connectivity index (χ0) is 25.2. The third-order valence-corrected chi connectivity index (χ3v) is 5.05. The second-order valence-corrected chi connectivity index (χ2v) is 7.43. The predicted molar refractivity (Wildman–Crippen MR) is 133 cm³/mol. The number of allylic oxidation sites excluding steroid dienone is 1. The fourth-order valence-corrected chi connectivity index (χ4v) is 3.35. The molecule has 0 aliphatic carbocycles. The van der Waals surface area contributed by atoms with Gasteiger partial charge < -0.3 is 19.9 Å². The van der Waals surface area contributed by atoms with Crippen molar-refractivity contribution in [2.75, 3.05) is 12.4 Å². The molecule has 174 valence electrons. The van der Waals surface area contributed by atoms with Gasteiger partial charge in [-0.2, -0.15) is 10.5 Å². The lowest BCUT2D eigenvalue weighted by Crippen LogP contribution is -2.13. The Labute approximate surface area is 203 Å². The molecule has 0 radical (unpaired) electrons. The van der Waals surface area contributed by atoms with Crippen molar-refractivity contribution in [3.05, 3.63) is 101 Å². The van der Waals surface area contributed by atoms with E-state index in [4.69, 9.17) is 9.47 Å². The minimum absolute atomic E-state index is 0.0688. The maximum Gasteiger partial charge on any atom is 0.266 e. The van der Waals surface area contributed by atoms with Crippen molar-refractivity contribution in [1.29, 1.82) is 10.5 Å². The first-order chi connectivity index (χ1) is 17.0. The van der Waals surface area contributed by atoms with E-state index in [0.717, 1.165) is 11.1 Å². The summed E-state index contributed by atoms with van der Waals surface area (Å²) in [5.41, 5.74) is 2.91. The summed E-state index contributed by atoms with van der Waals surface area (Å²) in [6.45, 7) is 3.96. The molecule has 7 heteroatoms. The fraction of sp³-hybridized carbons (Fsp3) is 0.107. The summed E-state index contributed by atoms with van der Waals surface area (Å²) in [6.07, 6.45) is 3.62. The number of nitrogens with one attached hydrogen (secondary N) is 1. The Hall–Kier alpha value is -5.01. The van der Waals surface area contributed by atoms with Gasteiger partial charge in [-0.25, -0.2) is 0 Å². The highest BCUT2D eigenvalue weighted by Gasteiger charge is 2.15. The Morgan fingerprint density at radius 1 is 1.11 bits per heavy atom. The van der Waals surface area contributed by atoms with Gasteiger partial charge in [-0.3, -0.25) is 4.79 Å². The van der Waals surface area contributed by atoms with Crippen LogP contribution in [0.2, 0.25) is 0 Å². The largest absolute Gasteiger partial charge is 0.508 e. The summed E-state index contributed by atoms with van der Waals surface area (Å²) in [6, 6.07) is 20.6. The van der Waals surface area contributed by atoms with Crippen LogP contribution in [-0.2, 0) is 17.8 Å². The number of carbonyl (C=O) groups excluding carboxylic acids is 1. The number of nitriles is 2. The molecule has 0 aromatic heterocycles. The molecule has 0 saturated heterocycles. The first kappa shape index (κ1) is 24.6. The van der Waals surface area contributed by atoms with Gasteiger partial charge in [0.15, 0.2) is 11.5 Å². The lowest BCUT2D eigenvalue weighted by atomic mass is 10.0.